The average Bonchev–Trinajstić information content (AvgIpc) is 2.26. The predicted molar refractivity (Wildman–Crippen MR) is 53.5 cm³/mol. The second-order valence-electron chi connectivity index (χ2n) is 2.77. The third kappa shape index (κ3) is 2.94. The Morgan fingerprint density at radius 2 is 2.20 bits per heavy atom. The average molecular weight is 209 g/mol. The van der Waals surface area contributed by atoms with E-state index in [2.05, 4.69) is 15.6 Å². The summed E-state index contributed by atoms with van der Waals surface area (Å²) in [5, 5.41) is 4.67. The second kappa shape index (κ2) is 4.94. The first-order chi connectivity index (χ1) is 7.15. The molecule has 0 atom stereocenters. The van der Waals surface area contributed by atoms with E-state index in [1.165, 1.54) is 25.4 Å². The normalized spacial score (nSPS) is 9.40. The number of pyridine rings is 1. The number of carbonyl (C=O) groups excluding carboxylic acids is 2. The predicted octanol–water partition coefficient (Wildman–Crippen LogP) is -1.15. The molecule has 1 aromatic rings. The molecule has 0 fully saturated rings. The minimum absolute atomic E-state index is 0.0126. The molecule has 0 aromatic carbocycles. The monoisotopic (exact) mass is 209 g/mol. The molecule has 0 aliphatic rings. The molecule has 3 N–H and O–H groups in total. The number of amides is 2. The van der Waals surface area contributed by atoms with Gasteiger partial charge in [-0.15, -0.1) is 0 Å². The Balaban J connectivity index is 2.66. The summed E-state index contributed by atoms with van der Waals surface area (Å²) in [6.07, 6.45) is 1.43. The quantitative estimate of drug-likeness (QED) is 0.587. The van der Waals surface area contributed by atoms with E-state index in [0.29, 0.717) is 0 Å². The maximum absolute atomic E-state index is 11.4. The minimum Gasteiger partial charge on any atom is -0.358 e. The molecule has 0 saturated heterocycles. The Labute approximate surface area is 85.7 Å². The fraction of sp³-hybridized carbons (Fsp3) is 0.222. The van der Waals surface area contributed by atoms with Gasteiger partial charge < -0.3 is 15.6 Å². The number of nitrogens with one attached hydrogen (secondary N) is 3. The molecule has 1 aromatic heterocycles. The van der Waals surface area contributed by atoms with E-state index < -0.39 is 11.5 Å². The van der Waals surface area contributed by atoms with Crippen LogP contribution in [0, 0.1) is 0 Å². The molecule has 0 spiro atoms. The molecule has 80 valence electrons. The van der Waals surface area contributed by atoms with E-state index >= 15 is 0 Å². The molecule has 0 bridgehead atoms. The van der Waals surface area contributed by atoms with E-state index in [9.17, 15) is 14.4 Å². The highest BCUT2D eigenvalue weighted by Gasteiger charge is 2.09. The zero-order chi connectivity index (χ0) is 11.3. The number of H-pyrrole nitrogens is 1. The first-order valence-electron chi connectivity index (χ1n) is 4.31. The van der Waals surface area contributed by atoms with Crippen molar-refractivity contribution in [1.29, 1.82) is 0 Å². The molecule has 1 heterocycles. The van der Waals surface area contributed by atoms with Crippen molar-refractivity contribution in [2.45, 2.75) is 0 Å². The number of aromatic nitrogens is 1. The summed E-state index contributed by atoms with van der Waals surface area (Å²) in [5.41, 5.74) is -0.492. The van der Waals surface area contributed by atoms with E-state index in [-0.39, 0.29) is 18.0 Å². The maximum atomic E-state index is 11.4. The first-order valence-corrected chi connectivity index (χ1v) is 4.31. The van der Waals surface area contributed by atoms with Gasteiger partial charge in [0.1, 0.15) is 5.56 Å². The van der Waals surface area contributed by atoms with Crippen LogP contribution < -0.4 is 16.2 Å². The molecule has 0 radical (unpaired) electrons. The molecule has 0 aliphatic carbocycles. The van der Waals surface area contributed by atoms with Crippen molar-refractivity contribution < 1.29 is 9.59 Å². The van der Waals surface area contributed by atoms with Crippen molar-refractivity contribution in [3.8, 4) is 0 Å². The largest absolute Gasteiger partial charge is 0.358 e. The van der Waals surface area contributed by atoms with Gasteiger partial charge in [0, 0.05) is 13.2 Å². The lowest BCUT2D eigenvalue weighted by Crippen LogP contribution is -2.37. The summed E-state index contributed by atoms with van der Waals surface area (Å²) in [5.74, 6) is -0.892. The van der Waals surface area contributed by atoms with Crippen molar-refractivity contribution in [3.05, 3.63) is 34.2 Å². The van der Waals surface area contributed by atoms with Crippen molar-refractivity contribution in [1.82, 2.24) is 15.6 Å². The van der Waals surface area contributed by atoms with Gasteiger partial charge >= 0.3 is 0 Å². The lowest BCUT2D eigenvalue weighted by molar-refractivity contribution is -0.119. The summed E-state index contributed by atoms with van der Waals surface area (Å²) in [4.78, 5) is 35.7. The van der Waals surface area contributed by atoms with E-state index in [1.807, 2.05) is 0 Å². The molecule has 15 heavy (non-hydrogen) atoms. The summed E-state index contributed by atoms with van der Waals surface area (Å²) >= 11 is 0. The Kier molecular flexibility index (Phi) is 3.61. The van der Waals surface area contributed by atoms with Crippen LogP contribution in [0.2, 0.25) is 0 Å². The van der Waals surface area contributed by atoms with Crippen LogP contribution in [0.15, 0.2) is 23.1 Å². The van der Waals surface area contributed by atoms with Gasteiger partial charge in [-0.2, -0.15) is 0 Å². The van der Waals surface area contributed by atoms with Crippen molar-refractivity contribution in [2.75, 3.05) is 13.6 Å². The summed E-state index contributed by atoms with van der Waals surface area (Å²) in [7, 11) is 1.46. The summed E-state index contributed by atoms with van der Waals surface area (Å²) < 4.78 is 0. The number of rotatable bonds is 3. The van der Waals surface area contributed by atoms with Gasteiger partial charge in [-0.05, 0) is 12.1 Å². The van der Waals surface area contributed by atoms with E-state index in [4.69, 9.17) is 0 Å². The van der Waals surface area contributed by atoms with Crippen LogP contribution >= 0.6 is 0 Å². The van der Waals surface area contributed by atoms with Crippen LogP contribution in [0.25, 0.3) is 0 Å². The van der Waals surface area contributed by atoms with Crippen LogP contribution in [-0.2, 0) is 4.79 Å². The minimum atomic E-state index is -0.569. The van der Waals surface area contributed by atoms with Crippen molar-refractivity contribution >= 4 is 11.8 Å². The highest BCUT2D eigenvalue weighted by molar-refractivity contribution is 5.96. The fourth-order valence-electron chi connectivity index (χ4n) is 0.945. The molecule has 6 heteroatoms. The Bertz CT molecular complexity index is 425. The third-order valence-electron chi connectivity index (χ3n) is 1.75. The van der Waals surface area contributed by atoms with Crippen LogP contribution in [0.5, 0.6) is 0 Å². The molecule has 0 aliphatic heterocycles. The lowest BCUT2D eigenvalue weighted by Gasteiger charge is -2.02. The number of likely N-dealkylation sites (N-methyl/N-ethyl adjacent to an activating group) is 1. The highest BCUT2D eigenvalue weighted by Crippen LogP contribution is 1.88. The van der Waals surface area contributed by atoms with Crippen LogP contribution in [0.3, 0.4) is 0 Å². The molecular formula is C9H11N3O3. The zero-order valence-corrected chi connectivity index (χ0v) is 8.16. The first kappa shape index (κ1) is 11.0. The van der Waals surface area contributed by atoms with Crippen molar-refractivity contribution in [3.63, 3.8) is 0 Å². The fourth-order valence-corrected chi connectivity index (χ4v) is 0.945. The van der Waals surface area contributed by atoms with Crippen LogP contribution in [-0.4, -0.2) is 30.4 Å². The van der Waals surface area contributed by atoms with Gasteiger partial charge in [-0.3, -0.25) is 14.4 Å². The summed E-state index contributed by atoms with van der Waals surface area (Å²) in [6, 6.07) is 2.92. The molecule has 6 nitrogen and oxygen atoms in total. The maximum Gasteiger partial charge on any atom is 0.260 e. The highest BCUT2D eigenvalue weighted by atomic mass is 16.2. The number of carbonyl (C=O) groups is 2. The molecule has 0 saturated carbocycles. The van der Waals surface area contributed by atoms with Gasteiger partial charge in [0.05, 0.1) is 6.54 Å². The van der Waals surface area contributed by atoms with Gasteiger partial charge in [-0.1, -0.05) is 0 Å². The topological polar surface area (TPSA) is 91.1 Å². The third-order valence-corrected chi connectivity index (χ3v) is 1.75. The Morgan fingerprint density at radius 1 is 1.47 bits per heavy atom. The zero-order valence-electron chi connectivity index (χ0n) is 8.16. The van der Waals surface area contributed by atoms with E-state index in [0.717, 1.165) is 0 Å². The number of hydrogen-bond acceptors (Lipinski definition) is 3. The van der Waals surface area contributed by atoms with Gasteiger partial charge in [-0.25, -0.2) is 0 Å². The number of hydrogen-bond donors (Lipinski definition) is 3. The Hall–Kier alpha value is -2.11. The van der Waals surface area contributed by atoms with E-state index in [1.54, 1.807) is 0 Å². The lowest BCUT2D eigenvalue weighted by atomic mass is 10.2. The number of aromatic amines is 1. The molecule has 1 rings (SSSR count). The van der Waals surface area contributed by atoms with Crippen LogP contribution in [0.1, 0.15) is 10.4 Å². The Morgan fingerprint density at radius 3 is 2.80 bits per heavy atom. The molecular weight excluding hydrogens is 198 g/mol. The standard InChI is InChI=1S/C9H11N3O3/c1-10-7(13)5-12-9(15)6-3-2-4-11-8(6)14/h2-4H,5H2,1H3,(H,10,13)(H,11,14)(H,12,15). The molecule has 2 amide bonds. The van der Waals surface area contributed by atoms with Gasteiger partial charge in [0.15, 0.2) is 0 Å². The molecule has 0 unspecified atom stereocenters. The smallest absolute Gasteiger partial charge is 0.260 e. The summed E-state index contributed by atoms with van der Waals surface area (Å²) in [6.45, 7) is -0.149. The SMILES string of the molecule is CNC(=O)CNC(=O)c1ccc[nH]c1=O. The van der Waals surface area contributed by atoms with Crippen LogP contribution in [0.4, 0.5) is 0 Å². The van der Waals surface area contributed by atoms with Gasteiger partial charge in [0.25, 0.3) is 11.5 Å². The van der Waals surface area contributed by atoms with Crippen molar-refractivity contribution in [2.24, 2.45) is 0 Å². The second-order valence-corrected chi connectivity index (χ2v) is 2.77. The van der Waals surface area contributed by atoms with Gasteiger partial charge in [0.2, 0.25) is 5.91 Å².